The minimum atomic E-state index is 0.289. The monoisotopic (exact) mass is 251 g/mol. The van der Waals surface area contributed by atoms with Gasteiger partial charge >= 0.3 is 0 Å². The predicted octanol–water partition coefficient (Wildman–Crippen LogP) is 2.38. The summed E-state index contributed by atoms with van der Waals surface area (Å²) in [5.74, 6) is 1.22. The van der Waals surface area contributed by atoms with E-state index in [1.54, 1.807) is 0 Å². The van der Waals surface area contributed by atoms with Gasteiger partial charge in [0.1, 0.15) is 0 Å². The lowest BCUT2D eigenvalue weighted by atomic mass is 9.93. The fraction of sp³-hybridized carbons (Fsp3) is 0.929. The molecular formula is C14H25N3O. The van der Waals surface area contributed by atoms with Crippen LogP contribution in [0.5, 0.6) is 0 Å². The van der Waals surface area contributed by atoms with E-state index in [0.29, 0.717) is 23.9 Å². The van der Waals surface area contributed by atoms with Crippen LogP contribution in [-0.4, -0.2) is 34.1 Å². The van der Waals surface area contributed by atoms with Crippen LogP contribution >= 0.6 is 0 Å². The highest BCUT2D eigenvalue weighted by Crippen LogP contribution is 2.43. The molecule has 2 bridgehead atoms. The van der Waals surface area contributed by atoms with Crippen molar-refractivity contribution >= 4 is 5.71 Å². The van der Waals surface area contributed by atoms with Gasteiger partial charge in [-0.25, -0.2) is 10.4 Å². The lowest BCUT2D eigenvalue weighted by Gasteiger charge is -2.42. The summed E-state index contributed by atoms with van der Waals surface area (Å²) in [5, 5.41) is 15.3. The molecule has 102 valence electrons. The Labute approximate surface area is 109 Å². The van der Waals surface area contributed by atoms with Crippen LogP contribution in [0, 0.1) is 11.8 Å². The Balaban J connectivity index is 1.72. The van der Waals surface area contributed by atoms with E-state index >= 15 is 0 Å². The Hall–Kier alpha value is -0.610. The Morgan fingerprint density at radius 1 is 1.17 bits per heavy atom. The highest BCUT2D eigenvalue weighted by atomic mass is 16.4. The van der Waals surface area contributed by atoms with Gasteiger partial charge in [-0.15, -0.1) is 0 Å². The van der Waals surface area contributed by atoms with E-state index in [1.807, 2.05) is 0 Å². The van der Waals surface area contributed by atoms with Crippen molar-refractivity contribution < 1.29 is 5.21 Å². The molecule has 2 N–H and O–H groups in total. The molecule has 0 aromatic rings. The van der Waals surface area contributed by atoms with E-state index in [0.717, 1.165) is 5.71 Å². The molecule has 5 atom stereocenters. The third-order valence-corrected chi connectivity index (χ3v) is 5.28. The highest BCUT2D eigenvalue weighted by molar-refractivity contribution is 5.94. The van der Waals surface area contributed by atoms with Crippen molar-refractivity contribution in [1.29, 1.82) is 0 Å². The quantitative estimate of drug-likeness (QED) is 0.585. The lowest BCUT2D eigenvalue weighted by molar-refractivity contribution is 0.0318. The number of nitrogens with zero attached hydrogens (tertiary/aromatic N) is 2. The van der Waals surface area contributed by atoms with Crippen LogP contribution in [-0.2, 0) is 0 Å². The largest absolute Gasteiger partial charge is 0.411 e. The Bertz CT molecular complexity index is 334. The van der Waals surface area contributed by atoms with Crippen molar-refractivity contribution in [2.45, 2.75) is 70.5 Å². The van der Waals surface area contributed by atoms with Crippen LogP contribution in [0.2, 0.25) is 0 Å². The molecule has 3 rings (SSSR count). The van der Waals surface area contributed by atoms with Crippen molar-refractivity contribution in [1.82, 2.24) is 10.4 Å². The summed E-state index contributed by atoms with van der Waals surface area (Å²) < 4.78 is 0. The topological polar surface area (TPSA) is 47.9 Å². The van der Waals surface area contributed by atoms with Gasteiger partial charge in [0.25, 0.3) is 0 Å². The summed E-state index contributed by atoms with van der Waals surface area (Å²) in [4.78, 5) is 0. The van der Waals surface area contributed by atoms with Crippen molar-refractivity contribution in [2.75, 3.05) is 0 Å². The normalized spacial score (nSPS) is 47.0. The second kappa shape index (κ2) is 4.82. The molecule has 2 saturated carbocycles. The molecule has 3 aliphatic rings. The lowest BCUT2D eigenvalue weighted by Crippen LogP contribution is -2.58. The van der Waals surface area contributed by atoms with Gasteiger partial charge in [-0.1, -0.05) is 11.6 Å². The second-order valence-corrected chi connectivity index (χ2v) is 6.44. The number of hydrazine groups is 1. The summed E-state index contributed by atoms with van der Waals surface area (Å²) in [6.45, 7) is 4.59. The van der Waals surface area contributed by atoms with Crippen LogP contribution in [0.1, 0.15) is 52.4 Å². The summed E-state index contributed by atoms with van der Waals surface area (Å²) in [5.41, 5.74) is 4.70. The zero-order chi connectivity index (χ0) is 12.7. The SMILES string of the molecule is C[C@@H]1CCC[C@@H](C)N1N[C@H]1/C(=N/O)[C@H]2CC[C@@H]1C2. The predicted molar refractivity (Wildman–Crippen MR) is 71.6 cm³/mol. The molecule has 0 aromatic carbocycles. The average Bonchev–Trinajstić information content (AvgIpc) is 2.94. The van der Waals surface area contributed by atoms with Crippen molar-refractivity contribution in [3.05, 3.63) is 0 Å². The van der Waals surface area contributed by atoms with Gasteiger partial charge in [-0.2, -0.15) is 0 Å². The number of rotatable bonds is 2. The van der Waals surface area contributed by atoms with E-state index in [2.05, 4.69) is 29.4 Å². The van der Waals surface area contributed by atoms with Crippen LogP contribution in [0.3, 0.4) is 0 Å². The first kappa shape index (κ1) is 12.4. The molecule has 4 heteroatoms. The number of hydrogen-bond acceptors (Lipinski definition) is 4. The van der Waals surface area contributed by atoms with Gasteiger partial charge in [0.05, 0.1) is 11.8 Å². The average molecular weight is 251 g/mol. The molecular weight excluding hydrogens is 226 g/mol. The summed E-state index contributed by atoms with van der Waals surface area (Å²) in [7, 11) is 0. The maximum Gasteiger partial charge on any atom is 0.0787 e. The van der Waals surface area contributed by atoms with E-state index in [4.69, 9.17) is 0 Å². The van der Waals surface area contributed by atoms with Gasteiger partial charge < -0.3 is 5.21 Å². The first-order valence-corrected chi connectivity index (χ1v) is 7.47. The molecule has 0 aromatic heterocycles. The van der Waals surface area contributed by atoms with Gasteiger partial charge in [-0.3, -0.25) is 0 Å². The van der Waals surface area contributed by atoms with Gasteiger partial charge in [0.2, 0.25) is 0 Å². The van der Waals surface area contributed by atoms with Crippen LogP contribution in [0.25, 0.3) is 0 Å². The molecule has 1 heterocycles. The molecule has 3 fully saturated rings. The number of piperidine rings is 1. The number of fused-ring (bicyclic) bond motifs is 2. The third-order valence-electron chi connectivity index (χ3n) is 5.28. The van der Waals surface area contributed by atoms with Crippen LogP contribution in [0.15, 0.2) is 5.16 Å². The Morgan fingerprint density at radius 3 is 2.56 bits per heavy atom. The van der Waals surface area contributed by atoms with Gasteiger partial charge in [-0.05, 0) is 51.9 Å². The highest BCUT2D eigenvalue weighted by Gasteiger charge is 2.46. The van der Waals surface area contributed by atoms with Crippen molar-refractivity contribution in [2.24, 2.45) is 17.0 Å². The molecule has 0 radical (unpaired) electrons. The first-order chi connectivity index (χ1) is 8.70. The second-order valence-electron chi connectivity index (χ2n) is 6.44. The summed E-state index contributed by atoms with van der Waals surface area (Å²) in [6.07, 6.45) is 7.59. The van der Waals surface area contributed by atoms with Crippen molar-refractivity contribution in [3.63, 3.8) is 0 Å². The molecule has 1 aliphatic heterocycles. The molecule has 0 amide bonds. The van der Waals surface area contributed by atoms with Crippen molar-refractivity contribution in [3.8, 4) is 0 Å². The minimum Gasteiger partial charge on any atom is -0.411 e. The first-order valence-electron chi connectivity index (χ1n) is 7.47. The maximum atomic E-state index is 9.25. The van der Waals surface area contributed by atoms with E-state index < -0.39 is 0 Å². The van der Waals surface area contributed by atoms with Gasteiger partial charge in [0.15, 0.2) is 0 Å². The summed E-state index contributed by atoms with van der Waals surface area (Å²) in [6, 6.07) is 1.47. The fourth-order valence-electron chi connectivity index (χ4n) is 4.23. The molecule has 1 saturated heterocycles. The fourth-order valence-corrected chi connectivity index (χ4v) is 4.23. The maximum absolute atomic E-state index is 9.25. The Kier molecular flexibility index (Phi) is 3.32. The smallest absolute Gasteiger partial charge is 0.0787 e. The third kappa shape index (κ3) is 1.95. The van der Waals surface area contributed by atoms with E-state index in [1.165, 1.54) is 38.5 Å². The van der Waals surface area contributed by atoms with Crippen LogP contribution < -0.4 is 5.43 Å². The zero-order valence-electron chi connectivity index (χ0n) is 11.5. The molecule has 0 spiro atoms. The van der Waals surface area contributed by atoms with Crippen LogP contribution in [0.4, 0.5) is 0 Å². The standard InChI is InChI=1S/C14H25N3O/c1-9-4-3-5-10(2)17(9)15-13-11-6-7-12(8-11)14(13)16-18/h9-13,15,18H,3-8H2,1-2H3/b16-14+/t9-,10-,11-,12+,13-/m1/s1. The molecule has 18 heavy (non-hydrogen) atoms. The minimum absolute atomic E-state index is 0.289. The summed E-state index contributed by atoms with van der Waals surface area (Å²) >= 11 is 0. The zero-order valence-corrected chi connectivity index (χ0v) is 11.5. The molecule has 2 aliphatic carbocycles. The number of oxime groups is 1. The molecule has 4 nitrogen and oxygen atoms in total. The molecule has 0 unspecified atom stereocenters. The van der Waals surface area contributed by atoms with E-state index in [-0.39, 0.29) is 6.04 Å². The number of hydrogen-bond donors (Lipinski definition) is 2. The van der Waals surface area contributed by atoms with Gasteiger partial charge in [0, 0.05) is 18.0 Å². The Morgan fingerprint density at radius 2 is 1.89 bits per heavy atom. The number of nitrogens with one attached hydrogen (secondary N) is 1. The van der Waals surface area contributed by atoms with E-state index in [9.17, 15) is 5.21 Å².